The summed E-state index contributed by atoms with van der Waals surface area (Å²) in [5.41, 5.74) is 4.10. The van der Waals surface area contributed by atoms with Gasteiger partial charge in [-0.3, -0.25) is 13.8 Å². The second kappa shape index (κ2) is 8.53. The number of hydrogen-bond donors (Lipinski definition) is 0. The quantitative estimate of drug-likeness (QED) is 0.141. The Morgan fingerprint density at radius 2 is 2.00 bits per heavy atom. The zero-order valence-corrected chi connectivity index (χ0v) is 19.7. The molecule has 2 aromatic carbocycles. The summed E-state index contributed by atoms with van der Waals surface area (Å²) < 4.78 is 15.9. The van der Waals surface area contributed by atoms with Crippen LogP contribution in [-0.4, -0.2) is 44.4 Å². The predicted octanol–water partition coefficient (Wildman–Crippen LogP) is 5.28. The van der Waals surface area contributed by atoms with Gasteiger partial charge in [0.1, 0.15) is 10.4 Å². The van der Waals surface area contributed by atoms with E-state index in [1.807, 2.05) is 57.5 Å². The maximum Gasteiger partial charge on any atom is 0.316 e. The molecule has 32 heavy (non-hydrogen) atoms. The van der Waals surface area contributed by atoms with Gasteiger partial charge in [0.15, 0.2) is 20.4 Å². The molecule has 0 radical (unpaired) electrons. The van der Waals surface area contributed by atoms with Gasteiger partial charge in [0.2, 0.25) is 0 Å². The fourth-order valence-corrected chi connectivity index (χ4v) is 5.68. The minimum absolute atomic E-state index is 0.151. The molecule has 10 heteroatoms. The minimum atomic E-state index is -0.285. The van der Waals surface area contributed by atoms with E-state index in [1.165, 1.54) is 23.1 Å². The lowest BCUT2D eigenvalue weighted by molar-refractivity contribution is -0.139. The Kier molecular flexibility index (Phi) is 5.58. The number of imidazole rings is 1. The van der Waals surface area contributed by atoms with E-state index < -0.39 is 0 Å². The van der Waals surface area contributed by atoms with E-state index in [4.69, 9.17) is 31.7 Å². The van der Waals surface area contributed by atoms with Crippen LogP contribution < -0.4 is 4.74 Å². The highest BCUT2D eigenvalue weighted by atomic mass is 32.2. The van der Waals surface area contributed by atoms with E-state index in [0.29, 0.717) is 21.4 Å². The van der Waals surface area contributed by atoms with Crippen LogP contribution in [0.1, 0.15) is 6.92 Å². The molecule has 3 aromatic heterocycles. The third kappa shape index (κ3) is 3.54. The van der Waals surface area contributed by atoms with Gasteiger partial charge in [-0.15, -0.1) is 0 Å². The molecular formula is C22H18N4O3S3. The number of thiazole rings is 1. The molecule has 0 aliphatic carbocycles. The van der Waals surface area contributed by atoms with Crippen LogP contribution in [0.5, 0.6) is 5.75 Å². The smallest absolute Gasteiger partial charge is 0.316 e. The summed E-state index contributed by atoms with van der Waals surface area (Å²) in [5, 5.41) is 0.652. The zero-order chi connectivity index (χ0) is 22.2. The number of fused-ring (bicyclic) bond motifs is 5. The number of para-hydroxylation sites is 2. The first-order valence-corrected chi connectivity index (χ1v) is 12.1. The van der Waals surface area contributed by atoms with E-state index in [1.54, 1.807) is 14.0 Å². The van der Waals surface area contributed by atoms with Crippen molar-refractivity contribution in [3.05, 3.63) is 52.5 Å². The fourth-order valence-electron chi connectivity index (χ4n) is 3.53. The Bertz CT molecular complexity index is 1540. The molecule has 0 bridgehead atoms. The van der Waals surface area contributed by atoms with Gasteiger partial charge in [0.05, 0.1) is 36.2 Å². The molecule has 0 aliphatic heterocycles. The lowest BCUT2D eigenvalue weighted by atomic mass is 10.3. The minimum Gasteiger partial charge on any atom is -0.497 e. The molecule has 3 heterocycles. The van der Waals surface area contributed by atoms with Crippen molar-refractivity contribution >= 4 is 68.3 Å². The second-order valence-electron chi connectivity index (χ2n) is 6.81. The van der Waals surface area contributed by atoms with Gasteiger partial charge >= 0.3 is 5.97 Å². The molecule has 0 fully saturated rings. The molecule has 0 saturated carbocycles. The fraction of sp³-hybridized carbons (Fsp3) is 0.182. The molecular weight excluding hydrogens is 464 g/mol. The van der Waals surface area contributed by atoms with Gasteiger partial charge in [0.25, 0.3) is 0 Å². The Balaban J connectivity index is 1.79. The van der Waals surface area contributed by atoms with Crippen molar-refractivity contribution in [1.29, 1.82) is 0 Å². The molecule has 0 spiro atoms. The van der Waals surface area contributed by atoms with E-state index in [2.05, 4.69) is 0 Å². The lowest BCUT2D eigenvalue weighted by Gasteiger charge is -2.09. The number of rotatable bonds is 6. The second-order valence-corrected chi connectivity index (χ2v) is 9.39. The third-order valence-electron chi connectivity index (χ3n) is 4.88. The zero-order valence-electron chi connectivity index (χ0n) is 17.3. The first-order valence-electron chi connectivity index (χ1n) is 9.86. The average Bonchev–Trinajstić information content (AvgIpc) is 3.35. The molecule has 0 unspecified atom stereocenters. The van der Waals surface area contributed by atoms with Crippen LogP contribution >= 0.6 is 35.3 Å². The standard InChI is InChI=1S/C22H18N4O3S3/c1-3-29-17(27)12-31-21-24-20-18(19-23-15-9-4-5-10-16(15)26(19)21)32-22(30)25(20)13-7-6-8-14(11-13)28-2/h4-11H,3,12H2,1-2H3. The van der Waals surface area contributed by atoms with Gasteiger partial charge in [-0.1, -0.05) is 41.3 Å². The van der Waals surface area contributed by atoms with E-state index >= 15 is 0 Å². The molecule has 162 valence electrons. The van der Waals surface area contributed by atoms with Gasteiger partial charge in [-0.05, 0) is 43.4 Å². The van der Waals surface area contributed by atoms with Crippen LogP contribution in [0, 0.1) is 3.95 Å². The van der Waals surface area contributed by atoms with Gasteiger partial charge in [-0.2, -0.15) is 0 Å². The topological polar surface area (TPSA) is 70.6 Å². The summed E-state index contributed by atoms with van der Waals surface area (Å²) in [5.74, 6) is 0.595. The van der Waals surface area contributed by atoms with Gasteiger partial charge in [0, 0.05) is 6.07 Å². The van der Waals surface area contributed by atoms with Crippen molar-refractivity contribution in [3.63, 3.8) is 0 Å². The molecule has 0 atom stereocenters. The molecule has 0 saturated heterocycles. The number of esters is 1. The Morgan fingerprint density at radius 3 is 2.81 bits per heavy atom. The first-order chi connectivity index (χ1) is 15.6. The lowest BCUT2D eigenvalue weighted by Crippen LogP contribution is -2.08. The van der Waals surface area contributed by atoms with Crippen molar-refractivity contribution in [2.75, 3.05) is 19.5 Å². The van der Waals surface area contributed by atoms with E-state index in [0.717, 1.165) is 32.8 Å². The van der Waals surface area contributed by atoms with Crippen molar-refractivity contribution in [1.82, 2.24) is 18.9 Å². The third-order valence-corrected chi connectivity index (χ3v) is 7.15. The van der Waals surface area contributed by atoms with Crippen LogP contribution in [0.2, 0.25) is 0 Å². The van der Waals surface area contributed by atoms with Crippen LogP contribution in [0.15, 0.2) is 53.7 Å². The monoisotopic (exact) mass is 482 g/mol. The maximum absolute atomic E-state index is 12.1. The normalized spacial score (nSPS) is 11.4. The van der Waals surface area contributed by atoms with Gasteiger partial charge < -0.3 is 9.47 Å². The van der Waals surface area contributed by atoms with E-state index in [-0.39, 0.29) is 11.7 Å². The SMILES string of the molecule is CCOC(=O)CSc1nc2c(sc(=S)n2-c2cccc(OC)c2)c2nc3ccccc3n12. The average molecular weight is 483 g/mol. The summed E-state index contributed by atoms with van der Waals surface area (Å²) in [7, 11) is 1.63. The molecule has 5 rings (SSSR count). The van der Waals surface area contributed by atoms with Crippen molar-refractivity contribution < 1.29 is 14.3 Å². The Labute approximate surface area is 196 Å². The number of ether oxygens (including phenoxy) is 2. The summed E-state index contributed by atoms with van der Waals surface area (Å²) in [6, 6.07) is 15.6. The molecule has 7 nitrogen and oxygen atoms in total. The highest BCUT2D eigenvalue weighted by molar-refractivity contribution is 7.99. The van der Waals surface area contributed by atoms with Gasteiger partial charge in [-0.25, -0.2) is 9.97 Å². The van der Waals surface area contributed by atoms with Crippen LogP contribution in [-0.2, 0) is 9.53 Å². The Morgan fingerprint density at radius 1 is 1.16 bits per heavy atom. The number of aromatic nitrogens is 4. The summed E-state index contributed by atoms with van der Waals surface area (Å²) in [6.07, 6.45) is 0. The molecule has 0 N–H and O–H groups in total. The largest absolute Gasteiger partial charge is 0.497 e. The number of methoxy groups -OCH3 is 1. The van der Waals surface area contributed by atoms with Crippen LogP contribution in [0.25, 0.3) is 32.7 Å². The summed E-state index contributed by atoms with van der Waals surface area (Å²) in [6.45, 7) is 2.14. The number of carbonyl (C=O) groups excluding carboxylic acids is 1. The van der Waals surface area contributed by atoms with Crippen LogP contribution in [0.3, 0.4) is 0 Å². The number of benzene rings is 2. The highest BCUT2D eigenvalue weighted by Gasteiger charge is 2.20. The Hall–Kier alpha value is -2.95. The molecule has 0 aliphatic rings. The predicted molar refractivity (Wildman–Crippen MR) is 130 cm³/mol. The van der Waals surface area contributed by atoms with E-state index in [9.17, 15) is 4.79 Å². The number of thioether (sulfide) groups is 1. The van der Waals surface area contributed by atoms with Crippen molar-refractivity contribution in [2.24, 2.45) is 0 Å². The van der Waals surface area contributed by atoms with Crippen molar-refractivity contribution in [2.45, 2.75) is 12.1 Å². The number of nitrogens with zero attached hydrogens (tertiary/aromatic N) is 4. The first kappa shape index (κ1) is 20.9. The van der Waals surface area contributed by atoms with Crippen molar-refractivity contribution in [3.8, 4) is 11.4 Å². The summed E-state index contributed by atoms with van der Waals surface area (Å²) >= 11 is 8.51. The molecule has 0 amide bonds. The van der Waals surface area contributed by atoms with Crippen LogP contribution in [0.4, 0.5) is 0 Å². The highest BCUT2D eigenvalue weighted by Crippen LogP contribution is 2.34. The molecule has 5 aromatic rings. The maximum atomic E-state index is 12.1. The number of hydrogen-bond acceptors (Lipinski definition) is 8. The summed E-state index contributed by atoms with van der Waals surface area (Å²) in [4.78, 5) is 21.9. The number of carbonyl (C=O) groups is 1.